The lowest BCUT2D eigenvalue weighted by Crippen LogP contribution is -2.19. The molecule has 2 rings (SSSR count). The van der Waals surface area contributed by atoms with Crippen molar-refractivity contribution in [1.82, 2.24) is 0 Å². The van der Waals surface area contributed by atoms with Crippen LogP contribution in [0, 0.1) is 8.80 Å². The Morgan fingerprint density at radius 2 is 2.38 bits per heavy atom. The molecule has 0 bridgehead atoms. The number of nitrogens with two attached hydrogens (primary N) is 1. The molecule has 0 aliphatic heterocycles. The summed E-state index contributed by atoms with van der Waals surface area (Å²) in [5.74, 6) is 0.910. The summed E-state index contributed by atoms with van der Waals surface area (Å²) in [4.78, 5) is 0. The molecule has 72 valence electrons. The Bertz CT molecular complexity index is 280. The molecule has 2 N–H and O–H groups in total. The minimum atomic E-state index is 0.282. The smallest absolute Gasteiger partial charge is 0.0656 e. The summed E-state index contributed by atoms with van der Waals surface area (Å²) in [5.41, 5.74) is 7.46. The van der Waals surface area contributed by atoms with Crippen molar-refractivity contribution < 1.29 is 0 Å². The van der Waals surface area contributed by atoms with E-state index >= 15 is 0 Å². The summed E-state index contributed by atoms with van der Waals surface area (Å²) >= 11 is 4.15. The van der Waals surface area contributed by atoms with Crippen LogP contribution in [0.2, 0.25) is 0 Å². The SMILES string of the molecule is NC(CC1CCC1)c1csc(I)c1. The fourth-order valence-corrected chi connectivity index (χ4v) is 3.18. The van der Waals surface area contributed by atoms with Gasteiger partial charge in [0, 0.05) is 6.04 Å². The van der Waals surface area contributed by atoms with Crippen molar-refractivity contribution in [2.75, 3.05) is 0 Å². The predicted molar refractivity (Wildman–Crippen MR) is 65.9 cm³/mol. The van der Waals surface area contributed by atoms with E-state index in [0.717, 1.165) is 5.92 Å². The molecule has 0 spiro atoms. The van der Waals surface area contributed by atoms with Crippen LogP contribution in [-0.2, 0) is 0 Å². The first-order chi connectivity index (χ1) is 6.25. The lowest BCUT2D eigenvalue weighted by atomic mass is 9.80. The lowest BCUT2D eigenvalue weighted by Gasteiger charge is -2.27. The maximum Gasteiger partial charge on any atom is 0.0656 e. The van der Waals surface area contributed by atoms with E-state index in [4.69, 9.17) is 5.73 Å². The van der Waals surface area contributed by atoms with Crippen LogP contribution in [0.5, 0.6) is 0 Å². The number of rotatable bonds is 3. The Morgan fingerprint density at radius 3 is 2.85 bits per heavy atom. The second kappa shape index (κ2) is 4.28. The number of halogens is 1. The molecule has 1 aromatic rings. The summed E-state index contributed by atoms with van der Waals surface area (Å²) in [6.07, 6.45) is 5.40. The topological polar surface area (TPSA) is 26.0 Å². The summed E-state index contributed by atoms with van der Waals surface area (Å²) in [7, 11) is 0. The van der Waals surface area contributed by atoms with E-state index in [0.29, 0.717) is 0 Å². The van der Waals surface area contributed by atoms with Crippen LogP contribution in [0.15, 0.2) is 11.4 Å². The summed E-state index contributed by atoms with van der Waals surface area (Å²) in [6.45, 7) is 0. The van der Waals surface area contributed by atoms with Crippen molar-refractivity contribution >= 4 is 33.9 Å². The number of thiophene rings is 1. The molecule has 1 atom stereocenters. The van der Waals surface area contributed by atoms with Gasteiger partial charge in [-0.1, -0.05) is 19.3 Å². The standard InChI is InChI=1S/C10H14INS/c11-10-5-8(6-13-10)9(12)4-7-2-1-3-7/h5-7,9H,1-4,12H2. The maximum absolute atomic E-state index is 6.12. The fourth-order valence-electron chi connectivity index (χ4n) is 1.74. The van der Waals surface area contributed by atoms with Crippen LogP contribution in [0.25, 0.3) is 0 Å². The van der Waals surface area contributed by atoms with Gasteiger partial charge < -0.3 is 5.73 Å². The van der Waals surface area contributed by atoms with Gasteiger partial charge in [0.2, 0.25) is 0 Å². The van der Waals surface area contributed by atoms with Crippen molar-refractivity contribution in [3.05, 3.63) is 19.9 Å². The van der Waals surface area contributed by atoms with Gasteiger partial charge in [-0.2, -0.15) is 0 Å². The van der Waals surface area contributed by atoms with Gasteiger partial charge in [0.25, 0.3) is 0 Å². The molecule has 13 heavy (non-hydrogen) atoms. The van der Waals surface area contributed by atoms with Crippen molar-refractivity contribution in [3.63, 3.8) is 0 Å². The molecule has 1 fully saturated rings. The van der Waals surface area contributed by atoms with Gasteiger partial charge in [-0.05, 0) is 51.9 Å². The predicted octanol–water partition coefficient (Wildman–Crippen LogP) is 3.54. The zero-order valence-electron chi connectivity index (χ0n) is 7.50. The van der Waals surface area contributed by atoms with E-state index in [1.54, 1.807) is 11.3 Å². The minimum Gasteiger partial charge on any atom is -0.324 e. The molecule has 3 heteroatoms. The Kier molecular flexibility index (Phi) is 3.26. The van der Waals surface area contributed by atoms with E-state index in [9.17, 15) is 0 Å². The normalized spacial score (nSPS) is 19.8. The van der Waals surface area contributed by atoms with Crippen molar-refractivity contribution in [1.29, 1.82) is 0 Å². The molecule has 1 aliphatic carbocycles. The molecule has 1 heterocycles. The van der Waals surface area contributed by atoms with Gasteiger partial charge in [-0.3, -0.25) is 0 Å². The van der Waals surface area contributed by atoms with Gasteiger partial charge in [0.1, 0.15) is 0 Å². The summed E-state index contributed by atoms with van der Waals surface area (Å²) < 4.78 is 1.34. The quantitative estimate of drug-likeness (QED) is 0.849. The molecule has 1 aromatic heterocycles. The molecule has 1 aliphatic rings. The second-order valence-corrected chi connectivity index (χ2v) is 6.63. The van der Waals surface area contributed by atoms with E-state index in [1.807, 2.05) is 0 Å². The Morgan fingerprint density at radius 1 is 1.62 bits per heavy atom. The zero-order valence-corrected chi connectivity index (χ0v) is 10.5. The van der Waals surface area contributed by atoms with Crippen LogP contribution < -0.4 is 5.73 Å². The van der Waals surface area contributed by atoms with Crippen LogP contribution in [-0.4, -0.2) is 0 Å². The third-order valence-corrected chi connectivity index (χ3v) is 4.64. The first-order valence-corrected chi connectivity index (χ1v) is 6.71. The maximum atomic E-state index is 6.12. The Balaban J connectivity index is 1.92. The van der Waals surface area contributed by atoms with Crippen LogP contribution in [0.4, 0.5) is 0 Å². The molecule has 0 amide bonds. The zero-order chi connectivity index (χ0) is 9.26. The van der Waals surface area contributed by atoms with Gasteiger partial charge in [-0.15, -0.1) is 11.3 Å². The summed E-state index contributed by atoms with van der Waals surface area (Å²) in [6, 6.07) is 2.50. The third kappa shape index (κ3) is 2.44. The van der Waals surface area contributed by atoms with E-state index in [-0.39, 0.29) is 6.04 Å². The number of hydrogen-bond acceptors (Lipinski definition) is 2. The first-order valence-electron chi connectivity index (χ1n) is 4.75. The molecule has 0 aromatic carbocycles. The van der Waals surface area contributed by atoms with E-state index < -0.39 is 0 Å². The largest absolute Gasteiger partial charge is 0.324 e. The second-order valence-electron chi connectivity index (χ2n) is 3.82. The lowest BCUT2D eigenvalue weighted by molar-refractivity contribution is 0.277. The highest BCUT2D eigenvalue weighted by molar-refractivity contribution is 14.1. The van der Waals surface area contributed by atoms with Crippen molar-refractivity contribution in [2.24, 2.45) is 11.7 Å². The molecular weight excluding hydrogens is 293 g/mol. The van der Waals surface area contributed by atoms with Gasteiger partial charge in [-0.25, -0.2) is 0 Å². The number of hydrogen-bond donors (Lipinski definition) is 1. The Labute approximate surface area is 96.9 Å². The van der Waals surface area contributed by atoms with E-state index in [1.165, 1.54) is 34.1 Å². The van der Waals surface area contributed by atoms with Crippen molar-refractivity contribution in [3.8, 4) is 0 Å². The van der Waals surface area contributed by atoms with Crippen LogP contribution in [0.1, 0.15) is 37.3 Å². The van der Waals surface area contributed by atoms with Crippen LogP contribution in [0.3, 0.4) is 0 Å². The monoisotopic (exact) mass is 307 g/mol. The molecule has 0 radical (unpaired) electrons. The molecule has 1 unspecified atom stereocenters. The average Bonchev–Trinajstić information content (AvgIpc) is 2.44. The molecule has 1 saturated carbocycles. The highest BCUT2D eigenvalue weighted by Gasteiger charge is 2.21. The highest BCUT2D eigenvalue weighted by atomic mass is 127. The van der Waals surface area contributed by atoms with Gasteiger partial charge in [0.05, 0.1) is 2.88 Å². The highest BCUT2D eigenvalue weighted by Crippen LogP contribution is 2.34. The molecule has 0 saturated heterocycles. The average molecular weight is 307 g/mol. The Hall–Kier alpha value is 0.390. The molecular formula is C10H14INS. The first kappa shape index (κ1) is 9.93. The van der Waals surface area contributed by atoms with Crippen molar-refractivity contribution in [2.45, 2.75) is 31.7 Å². The fraction of sp³-hybridized carbons (Fsp3) is 0.600. The van der Waals surface area contributed by atoms with Crippen LogP contribution >= 0.6 is 33.9 Å². The van der Waals surface area contributed by atoms with E-state index in [2.05, 4.69) is 34.0 Å². The van der Waals surface area contributed by atoms with Gasteiger partial charge >= 0.3 is 0 Å². The third-order valence-electron chi connectivity index (χ3n) is 2.83. The van der Waals surface area contributed by atoms with Gasteiger partial charge in [0.15, 0.2) is 0 Å². The molecule has 1 nitrogen and oxygen atoms in total. The minimum absolute atomic E-state index is 0.282. The summed E-state index contributed by atoms with van der Waals surface area (Å²) in [5, 5.41) is 2.20.